The van der Waals surface area contributed by atoms with Gasteiger partial charge in [-0.1, -0.05) is 0 Å². The molecule has 0 spiro atoms. The molecule has 1 heterocycles. The Labute approximate surface area is 42.5 Å². The molecule has 1 rings (SSSR count). The topological polar surface area (TPSA) is 9.23 Å². The Balaban J connectivity index is 2.08. The molecule has 2 heteroatoms. The zero-order valence-electron chi connectivity index (χ0n) is 3.03. The van der Waals surface area contributed by atoms with Crippen LogP contribution in [-0.2, 0) is 3.07 Å². The molecule has 0 bridgehead atoms. The fraction of sp³-hybridized carbons (Fsp3) is 1.00. The Bertz CT molecular complexity index is 18.5. The van der Waals surface area contributed by atoms with Crippen LogP contribution in [0, 0.1) is 0 Å². The second-order valence-corrected chi connectivity index (χ2v) is 4.17. The predicted octanol–water partition coefficient (Wildman–Crippen LogP) is 0.444. The van der Waals surface area contributed by atoms with Crippen molar-refractivity contribution in [3.05, 3.63) is 0 Å². The average Bonchev–Trinajstić information content (AvgIpc) is 1.76. The summed E-state index contributed by atoms with van der Waals surface area (Å²) in [5.74, 6) is 0. The van der Waals surface area contributed by atoms with Crippen molar-refractivity contribution in [3.63, 3.8) is 0 Å². The molecule has 0 amide bonds. The minimum atomic E-state index is -0.171. The molecule has 1 aliphatic rings. The van der Waals surface area contributed by atoms with Crippen LogP contribution >= 0.6 is 0 Å². The molecule has 28 valence electrons. The van der Waals surface area contributed by atoms with E-state index in [9.17, 15) is 0 Å². The summed E-state index contributed by atoms with van der Waals surface area (Å²) in [6, 6.07) is 0. The Morgan fingerprint density at radius 1 is 1.60 bits per heavy atom. The number of hydrogen-bond donors (Lipinski definition) is 0. The summed E-state index contributed by atoms with van der Waals surface area (Å²) < 4.78 is 6.56. The molecule has 0 aromatic carbocycles. The molecule has 0 atom stereocenters. The second kappa shape index (κ2) is 2.03. The van der Waals surface area contributed by atoms with Gasteiger partial charge in [-0.3, -0.25) is 0 Å². The van der Waals surface area contributed by atoms with Gasteiger partial charge in [-0.15, -0.1) is 0 Å². The van der Waals surface area contributed by atoms with E-state index in [-0.39, 0.29) is 21.6 Å². The summed E-state index contributed by atoms with van der Waals surface area (Å²) in [5, 5.41) is 0. The van der Waals surface area contributed by atoms with Gasteiger partial charge in [0, 0.05) is 0 Å². The normalized spacial score (nSPS) is 24.0. The fourth-order valence-electron chi connectivity index (χ4n) is 0.361. The van der Waals surface area contributed by atoms with Crippen LogP contribution in [0.25, 0.3) is 0 Å². The van der Waals surface area contributed by atoms with Gasteiger partial charge in [0.05, 0.1) is 0 Å². The van der Waals surface area contributed by atoms with Crippen LogP contribution in [0.5, 0.6) is 0 Å². The van der Waals surface area contributed by atoms with E-state index in [0.717, 1.165) is 6.61 Å². The molecular formula is C3H6OSn. The van der Waals surface area contributed by atoms with Gasteiger partial charge in [-0.05, 0) is 0 Å². The second-order valence-electron chi connectivity index (χ2n) is 1.10. The molecule has 0 saturated carbocycles. The molecule has 1 nitrogen and oxygen atoms in total. The van der Waals surface area contributed by atoms with Crippen molar-refractivity contribution < 1.29 is 3.07 Å². The van der Waals surface area contributed by atoms with Crippen LogP contribution in [0.3, 0.4) is 0 Å². The summed E-state index contributed by atoms with van der Waals surface area (Å²) in [7, 11) is 0. The number of rotatable bonds is 0. The van der Waals surface area contributed by atoms with E-state index in [0.29, 0.717) is 0 Å². The molecule has 1 fully saturated rings. The van der Waals surface area contributed by atoms with E-state index in [1.165, 1.54) is 10.9 Å². The maximum absolute atomic E-state index is 5.11. The summed E-state index contributed by atoms with van der Waals surface area (Å²) in [6.07, 6.45) is 1.35. The average molecular weight is 177 g/mol. The third-order valence-corrected chi connectivity index (χ3v) is 3.38. The zero-order valence-corrected chi connectivity index (χ0v) is 5.88. The molecule has 2 radical (unpaired) electrons. The summed E-state index contributed by atoms with van der Waals surface area (Å²) in [5.41, 5.74) is 0. The molecule has 1 saturated heterocycles. The van der Waals surface area contributed by atoms with Crippen LogP contribution in [0.1, 0.15) is 6.42 Å². The molecule has 5 heavy (non-hydrogen) atoms. The minimum absolute atomic E-state index is 0.171. The molecule has 0 aromatic rings. The van der Waals surface area contributed by atoms with E-state index in [4.69, 9.17) is 3.07 Å². The van der Waals surface area contributed by atoms with Gasteiger partial charge in [-0.2, -0.15) is 0 Å². The van der Waals surface area contributed by atoms with Crippen molar-refractivity contribution in [1.82, 2.24) is 0 Å². The third kappa shape index (κ3) is 1.09. The third-order valence-electron chi connectivity index (χ3n) is 0.627. The van der Waals surface area contributed by atoms with Crippen LogP contribution in [0.15, 0.2) is 0 Å². The number of hydrogen-bond acceptors (Lipinski definition) is 1. The predicted molar refractivity (Wildman–Crippen MR) is 21.1 cm³/mol. The van der Waals surface area contributed by atoms with E-state index in [1.54, 1.807) is 0 Å². The van der Waals surface area contributed by atoms with Gasteiger partial charge in [0.1, 0.15) is 0 Å². The molecule has 0 unspecified atom stereocenters. The zero-order chi connectivity index (χ0) is 3.54. The molecule has 0 N–H and O–H groups in total. The van der Waals surface area contributed by atoms with Crippen molar-refractivity contribution in [2.24, 2.45) is 0 Å². The Hall–Kier alpha value is 0.759. The monoisotopic (exact) mass is 178 g/mol. The van der Waals surface area contributed by atoms with Gasteiger partial charge in [0.2, 0.25) is 0 Å². The summed E-state index contributed by atoms with van der Waals surface area (Å²) in [6.45, 7) is 1.08. The SMILES string of the molecule is C1C[O][Sn][CH2]1. The molecule has 0 aliphatic carbocycles. The van der Waals surface area contributed by atoms with Crippen molar-refractivity contribution in [2.75, 3.05) is 6.61 Å². The quantitative estimate of drug-likeness (QED) is 0.487. The van der Waals surface area contributed by atoms with Crippen LogP contribution in [0.4, 0.5) is 0 Å². The first-order chi connectivity index (χ1) is 2.50. The van der Waals surface area contributed by atoms with Crippen molar-refractivity contribution in [1.29, 1.82) is 0 Å². The maximum atomic E-state index is 5.11. The van der Waals surface area contributed by atoms with E-state index in [2.05, 4.69) is 0 Å². The van der Waals surface area contributed by atoms with Gasteiger partial charge >= 0.3 is 42.1 Å². The fourth-order valence-corrected chi connectivity index (χ4v) is 2.42. The first kappa shape index (κ1) is 3.93. The Morgan fingerprint density at radius 3 is 2.80 bits per heavy atom. The first-order valence-corrected chi connectivity index (χ1v) is 5.03. The van der Waals surface area contributed by atoms with Gasteiger partial charge in [0.15, 0.2) is 0 Å². The van der Waals surface area contributed by atoms with E-state index >= 15 is 0 Å². The van der Waals surface area contributed by atoms with Crippen molar-refractivity contribution in [3.8, 4) is 0 Å². The van der Waals surface area contributed by atoms with Gasteiger partial charge < -0.3 is 0 Å². The van der Waals surface area contributed by atoms with Crippen LogP contribution < -0.4 is 0 Å². The van der Waals surface area contributed by atoms with Crippen molar-refractivity contribution >= 4 is 21.6 Å². The summed E-state index contributed by atoms with van der Waals surface area (Å²) in [4.78, 5) is 0. The van der Waals surface area contributed by atoms with Gasteiger partial charge in [-0.25, -0.2) is 0 Å². The van der Waals surface area contributed by atoms with Crippen LogP contribution in [0.2, 0.25) is 4.44 Å². The van der Waals surface area contributed by atoms with E-state index in [1.807, 2.05) is 0 Å². The molecule has 0 aromatic heterocycles. The standard InChI is InChI=1S/C3H6O.Sn/c1-2-3-4;/h1-3H2;/q-1;+1. The first-order valence-electron chi connectivity index (χ1n) is 1.85. The van der Waals surface area contributed by atoms with Gasteiger partial charge in [0.25, 0.3) is 0 Å². The Morgan fingerprint density at radius 2 is 2.60 bits per heavy atom. The molecular weight excluding hydrogens is 171 g/mol. The van der Waals surface area contributed by atoms with Crippen molar-refractivity contribution in [2.45, 2.75) is 10.9 Å². The van der Waals surface area contributed by atoms with Crippen LogP contribution in [-0.4, -0.2) is 28.2 Å². The summed E-state index contributed by atoms with van der Waals surface area (Å²) >= 11 is -0.171. The molecule has 1 aliphatic heterocycles. The Kier molecular flexibility index (Phi) is 1.59. The van der Waals surface area contributed by atoms with E-state index < -0.39 is 0 Å².